The number of nitrogens with one attached hydrogen (secondary N) is 1. The molecule has 2 aromatic carbocycles. The van der Waals surface area contributed by atoms with Gasteiger partial charge in [-0.3, -0.25) is 4.79 Å². The van der Waals surface area contributed by atoms with Gasteiger partial charge in [0.2, 0.25) is 0 Å². The van der Waals surface area contributed by atoms with Gasteiger partial charge in [-0.2, -0.15) is 5.10 Å². The molecule has 1 amide bonds. The fourth-order valence-corrected chi connectivity index (χ4v) is 4.59. The number of amides is 1. The van der Waals surface area contributed by atoms with Gasteiger partial charge in [-0.05, 0) is 49.6 Å². The second kappa shape index (κ2) is 8.84. The van der Waals surface area contributed by atoms with E-state index in [1.807, 2.05) is 43.3 Å². The van der Waals surface area contributed by atoms with Crippen molar-refractivity contribution in [2.24, 2.45) is 0 Å². The predicted octanol–water partition coefficient (Wildman–Crippen LogP) is 4.44. The van der Waals surface area contributed by atoms with Gasteiger partial charge in [0.1, 0.15) is 0 Å². The van der Waals surface area contributed by atoms with Crippen molar-refractivity contribution in [2.75, 3.05) is 20.8 Å². The number of rotatable bonds is 7. The van der Waals surface area contributed by atoms with Gasteiger partial charge in [0.15, 0.2) is 11.5 Å². The van der Waals surface area contributed by atoms with E-state index in [-0.39, 0.29) is 11.3 Å². The molecule has 0 unspecified atom stereocenters. The predicted molar refractivity (Wildman–Crippen MR) is 120 cm³/mol. The third kappa shape index (κ3) is 4.02. The van der Waals surface area contributed by atoms with E-state index in [0.717, 1.165) is 42.8 Å². The molecule has 0 aliphatic heterocycles. The lowest BCUT2D eigenvalue weighted by Crippen LogP contribution is -2.39. The van der Waals surface area contributed by atoms with Crippen LogP contribution in [-0.2, 0) is 5.41 Å². The normalized spacial score (nSPS) is 14.9. The molecule has 1 heterocycles. The van der Waals surface area contributed by atoms with Crippen molar-refractivity contribution in [3.8, 4) is 17.2 Å². The van der Waals surface area contributed by atoms with Crippen LogP contribution in [0.1, 0.15) is 47.3 Å². The Bertz CT molecular complexity index is 1050. The molecule has 0 radical (unpaired) electrons. The Morgan fingerprint density at radius 3 is 2.45 bits per heavy atom. The smallest absolute Gasteiger partial charge is 0.254 e. The maximum Gasteiger partial charge on any atom is 0.254 e. The molecule has 1 fully saturated rings. The van der Waals surface area contributed by atoms with E-state index in [1.165, 1.54) is 5.56 Å². The zero-order valence-electron chi connectivity index (χ0n) is 18.4. The van der Waals surface area contributed by atoms with Crippen molar-refractivity contribution in [3.63, 3.8) is 0 Å². The topological polar surface area (TPSA) is 65.4 Å². The molecule has 6 nitrogen and oxygen atoms in total. The van der Waals surface area contributed by atoms with E-state index in [2.05, 4.69) is 22.5 Å². The molecule has 3 aromatic rings. The Labute approximate surface area is 183 Å². The molecular weight excluding hydrogens is 390 g/mol. The van der Waals surface area contributed by atoms with E-state index in [9.17, 15) is 4.79 Å². The summed E-state index contributed by atoms with van der Waals surface area (Å²) in [6, 6.07) is 15.9. The number of hydrogen-bond donors (Lipinski definition) is 1. The molecular formula is C25H29N3O3. The Morgan fingerprint density at radius 1 is 1.06 bits per heavy atom. The molecule has 4 rings (SSSR count). The van der Waals surface area contributed by atoms with Crippen LogP contribution in [0.5, 0.6) is 11.5 Å². The van der Waals surface area contributed by atoms with Crippen LogP contribution in [0.15, 0.2) is 54.7 Å². The maximum absolute atomic E-state index is 13.1. The summed E-state index contributed by atoms with van der Waals surface area (Å²) in [5.41, 5.74) is 3.45. The van der Waals surface area contributed by atoms with Crippen molar-refractivity contribution in [3.05, 3.63) is 71.5 Å². The van der Waals surface area contributed by atoms with E-state index in [0.29, 0.717) is 17.9 Å². The number of aromatic nitrogens is 2. The average molecular weight is 420 g/mol. The van der Waals surface area contributed by atoms with E-state index in [4.69, 9.17) is 9.47 Å². The number of methoxy groups -OCH3 is 2. The molecule has 31 heavy (non-hydrogen) atoms. The van der Waals surface area contributed by atoms with Crippen molar-refractivity contribution in [1.29, 1.82) is 0 Å². The molecule has 1 aliphatic carbocycles. The first-order valence-electron chi connectivity index (χ1n) is 10.7. The van der Waals surface area contributed by atoms with Crippen molar-refractivity contribution in [2.45, 2.75) is 38.0 Å². The van der Waals surface area contributed by atoms with Gasteiger partial charge in [0, 0.05) is 12.0 Å². The van der Waals surface area contributed by atoms with Crippen LogP contribution in [0.2, 0.25) is 0 Å². The number of ether oxygens (including phenoxy) is 2. The van der Waals surface area contributed by atoms with Crippen LogP contribution in [0.4, 0.5) is 0 Å². The molecule has 1 aromatic heterocycles. The van der Waals surface area contributed by atoms with E-state index >= 15 is 0 Å². The molecule has 1 N–H and O–H groups in total. The molecule has 6 heteroatoms. The highest BCUT2D eigenvalue weighted by atomic mass is 16.5. The highest BCUT2D eigenvalue weighted by molar-refractivity contribution is 5.95. The zero-order valence-corrected chi connectivity index (χ0v) is 18.4. The maximum atomic E-state index is 13.1. The number of benzene rings is 2. The van der Waals surface area contributed by atoms with Gasteiger partial charge in [0.05, 0.1) is 37.4 Å². The highest BCUT2D eigenvalue weighted by Gasteiger charge is 2.37. The van der Waals surface area contributed by atoms with Gasteiger partial charge in [0.25, 0.3) is 5.91 Å². The standard InChI is InChI=1S/C25H29N3O3/c1-18-21(16-27-28(18)20-9-5-4-6-10-20)24(29)26-17-25(13-7-8-14-25)19-11-12-22(30-2)23(15-19)31-3/h4-6,9-12,15-16H,7-8,13-14,17H2,1-3H3,(H,26,29). The Hall–Kier alpha value is -3.28. The molecule has 1 saturated carbocycles. The quantitative estimate of drug-likeness (QED) is 0.615. The lowest BCUT2D eigenvalue weighted by atomic mass is 9.78. The Kier molecular flexibility index (Phi) is 5.98. The lowest BCUT2D eigenvalue weighted by molar-refractivity contribution is 0.0942. The number of nitrogens with zero attached hydrogens (tertiary/aromatic N) is 2. The van der Waals surface area contributed by atoms with Crippen LogP contribution >= 0.6 is 0 Å². The number of hydrogen-bond acceptors (Lipinski definition) is 4. The summed E-state index contributed by atoms with van der Waals surface area (Å²) in [6.45, 7) is 2.51. The monoisotopic (exact) mass is 419 g/mol. The Balaban J connectivity index is 1.54. The molecule has 0 spiro atoms. The molecule has 0 bridgehead atoms. The van der Waals surface area contributed by atoms with E-state index < -0.39 is 0 Å². The third-order valence-electron chi connectivity index (χ3n) is 6.40. The van der Waals surface area contributed by atoms with Gasteiger partial charge in [-0.1, -0.05) is 37.1 Å². The van der Waals surface area contributed by atoms with Crippen LogP contribution in [-0.4, -0.2) is 36.5 Å². The second-order valence-corrected chi connectivity index (χ2v) is 8.13. The van der Waals surface area contributed by atoms with Crippen LogP contribution in [0.25, 0.3) is 5.69 Å². The van der Waals surface area contributed by atoms with Crippen LogP contribution in [0.3, 0.4) is 0 Å². The summed E-state index contributed by atoms with van der Waals surface area (Å²) in [4.78, 5) is 13.1. The SMILES string of the molecule is COc1ccc(C2(CNC(=O)c3cnn(-c4ccccc4)c3C)CCCC2)cc1OC. The fourth-order valence-electron chi connectivity index (χ4n) is 4.59. The van der Waals surface area contributed by atoms with Crippen molar-refractivity contribution < 1.29 is 14.3 Å². The van der Waals surface area contributed by atoms with Gasteiger partial charge in [-0.15, -0.1) is 0 Å². The summed E-state index contributed by atoms with van der Waals surface area (Å²) in [6.07, 6.45) is 6.01. The van der Waals surface area contributed by atoms with E-state index in [1.54, 1.807) is 25.1 Å². The second-order valence-electron chi connectivity index (χ2n) is 8.13. The molecule has 0 atom stereocenters. The number of carbonyl (C=O) groups excluding carboxylic acids is 1. The summed E-state index contributed by atoms with van der Waals surface area (Å²) < 4.78 is 12.7. The van der Waals surface area contributed by atoms with Crippen molar-refractivity contribution >= 4 is 5.91 Å². The number of carbonyl (C=O) groups is 1. The summed E-state index contributed by atoms with van der Waals surface area (Å²) in [7, 11) is 3.29. The first kappa shape index (κ1) is 21.0. The largest absolute Gasteiger partial charge is 0.493 e. The zero-order chi connectivity index (χ0) is 21.8. The van der Waals surface area contributed by atoms with Gasteiger partial charge >= 0.3 is 0 Å². The van der Waals surface area contributed by atoms with Crippen LogP contribution in [0, 0.1) is 6.92 Å². The van der Waals surface area contributed by atoms with Crippen LogP contribution < -0.4 is 14.8 Å². The van der Waals surface area contributed by atoms with Crippen molar-refractivity contribution in [1.82, 2.24) is 15.1 Å². The average Bonchev–Trinajstić information content (AvgIpc) is 3.45. The minimum Gasteiger partial charge on any atom is -0.493 e. The minimum atomic E-state index is -0.0987. The minimum absolute atomic E-state index is 0.0913. The van der Waals surface area contributed by atoms with Gasteiger partial charge < -0.3 is 14.8 Å². The third-order valence-corrected chi connectivity index (χ3v) is 6.40. The summed E-state index contributed by atoms with van der Waals surface area (Å²) in [5, 5.41) is 7.62. The first-order chi connectivity index (χ1) is 15.1. The van der Waals surface area contributed by atoms with Gasteiger partial charge in [-0.25, -0.2) is 4.68 Å². The summed E-state index contributed by atoms with van der Waals surface area (Å²) >= 11 is 0. The fraction of sp³-hybridized carbons (Fsp3) is 0.360. The molecule has 162 valence electrons. The molecule has 1 aliphatic rings. The highest BCUT2D eigenvalue weighted by Crippen LogP contribution is 2.43. The summed E-state index contributed by atoms with van der Waals surface area (Å²) in [5.74, 6) is 1.34. The Morgan fingerprint density at radius 2 is 1.77 bits per heavy atom. The number of para-hydroxylation sites is 1. The first-order valence-corrected chi connectivity index (χ1v) is 10.7. The molecule has 0 saturated heterocycles. The lowest BCUT2D eigenvalue weighted by Gasteiger charge is -2.30.